The molecule has 3 aliphatic rings. The average Bonchev–Trinajstić information content (AvgIpc) is 2.94. The van der Waals surface area contributed by atoms with Crippen molar-refractivity contribution in [3.05, 3.63) is 84.0 Å². The zero-order valence-electron chi connectivity index (χ0n) is 16.2. The summed E-state index contributed by atoms with van der Waals surface area (Å²) in [7, 11) is 0. The number of hydrogen-bond donors (Lipinski definition) is 0. The van der Waals surface area contributed by atoms with E-state index in [0.29, 0.717) is 10.8 Å². The van der Waals surface area contributed by atoms with Gasteiger partial charge in [-0.15, -0.1) is 0 Å². The number of fused-ring (bicyclic) bond motifs is 3. The quantitative estimate of drug-likeness (QED) is 0.477. The summed E-state index contributed by atoms with van der Waals surface area (Å²) in [6.07, 6.45) is 17.1. The van der Waals surface area contributed by atoms with Gasteiger partial charge in [0.2, 0.25) is 0 Å². The third-order valence-corrected chi connectivity index (χ3v) is 6.56. The van der Waals surface area contributed by atoms with Gasteiger partial charge in [0.15, 0.2) is 0 Å². The van der Waals surface area contributed by atoms with Crippen molar-refractivity contribution in [2.75, 3.05) is 0 Å². The van der Waals surface area contributed by atoms with Crippen LogP contribution in [0.3, 0.4) is 0 Å². The summed E-state index contributed by atoms with van der Waals surface area (Å²) in [5.41, 5.74) is 6.88. The molecular weight excluding hydrogens is 312 g/mol. The van der Waals surface area contributed by atoms with E-state index in [9.17, 15) is 0 Å². The second-order valence-corrected chi connectivity index (χ2v) is 8.20. The first-order valence-electron chi connectivity index (χ1n) is 10.3. The van der Waals surface area contributed by atoms with Crippen LogP contribution in [0.25, 0.3) is 11.1 Å². The summed E-state index contributed by atoms with van der Waals surface area (Å²) in [6, 6.07) is 18.2. The van der Waals surface area contributed by atoms with Crippen molar-refractivity contribution in [3.8, 4) is 11.1 Å². The molecular formula is C26H30. The summed E-state index contributed by atoms with van der Waals surface area (Å²) in [4.78, 5) is 0. The van der Waals surface area contributed by atoms with E-state index in [1.165, 1.54) is 49.7 Å². The molecule has 0 amide bonds. The predicted octanol–water partition coefficient (Wildman–Crippen LogP) is 7.15. The van der Waals surface area contributed by atoms with Crippen LogP contribution in [0.15, 0.2) is 72.8 Å². The Balaban J connectivity index is 0.000000814. The van der Waals surface area contributed by atoms with Crippen LogP contribution in [-0.4, -0.2) is 0 Å². The van der Waals surface area contributed by atoms with Crippen LogP contribution in [0.4, 0.5) is 0 Å². The molecule has 134 valence electrons. The van der Waals surface area contributed by atoms with E-state index in [2.05, 4.69) is 72.8 Å². The molecule has 1 fully saturated rings. The van der Waals surface area contributed by atoms with Crippen molar-refractivity contribution in [1.82, 2.24) is 0 Å². The van der Waals surface area contributed by atoms with Crippen LogP contribution in [0.1, 0.15) is 50.7 Å². The molecule has 0 aliphatic heterocycles. The van der Waals surface area contributed by atoms with Gasteiger partial charge >= 0.3 is 0 Å². The molecule has 1 unspecified atom stereocenters. The molecule has 0 saturated heterocycles. The number of rotatable bonds is 0. The lowest BCUT2D eigenvalue weighted by atomic mass is 9.71. The Bertz CT molecular complexity index is 791. The molecule has 0 aromatic heterocycles. The molecule has 2 aromatic carbocycles. The van der Waals surface area contributed by atoms with Crippen LogP contribution >= 0.6 is 0 Å². The van der Waals surface area contributed by atoms with Crippen molar-refractivity contribution in [2.45, 2.75) is 52.4 Å². The van der Waals surface area contributed by atoms with Gasteiger partial charge in [0.1, 0.15) is 0 Å². The highest BCUT2D eigenvalue weighted by Crippen LogP contribution is 2.57. The van der Waals surface area contributed by atoms with Gasteiger partial charge in [-0.2, -0.15) is 0 Å². The number of allylic oxidation sites excluding steroid dienone is 4. The van der Waals surface area contributed by atoms with Crippen LogP contribution in [-0.2, 0) is 12.8 Å². The van der Waals surface area contributed by atoms with E-state index in [1.54, 1.807) is 11.1 Å². The molecule has 2 aromatic rings. The SMILES string of the molecule is C1=CCC2(C=C1)CCC1(Cc3ccccc3-c3ccccc3C1)C2.CC. The molecule has 5 rings (SSSR count). The monoisotopic (exact) mass is 342 g/mol. The van der Waals surface area contributed by atoms with Gasteiger partial charge < -0.3 is 0 Å². The molecule has 1 saturated carbocycles. The first-order chi connectivity index (χ1) is 12.8. The third kappa shape index (κ3) is 2.96. The van der Waals surface area contributed by atoms with Gasteiger partial charge in [-0.1, -0.05) is 86.7 Å². The molecule has 3 aliphatic carbocycles. The van der Waals surface area contributed by atoms with Gasteiger partial charge in [0, 0.05) is 0 Å². The maximum atomic E-state index is 2.50. The molecule has 0 nitrogen and oxygen atoms in total. The minimum Gasteiger partial charge on any atom is -0.0837 e. The largest absolute Gasteiger partial charge is 0.0837 e. The summed E-state index contributed by atoms with van der Waals surface area (Å²) in [5.74, 6) is 0. The van der Waals surface area contributed by atoms with E-state index in [-0.39, 0.29) is 0 Å². The second kappa shape index (κ2) is 6.91. The molecule has 0 heteroatoms. The lowest BCUT2D eigenvalue weighted by molar-refractivity contribution is 0.256. The minimum atomic E-state index is 0.420. The molecule has 26 heavy (non-hydrogen) atoms. The Labute approximate surface area is 158 Å². The maximum Gasteiger partial charge on any atom is -0.00748 e. The Morgan fingerprint density at radius 1 is 0.731 bits per heavy atom. The van der Waals surface area contributed by atoms with Gasteiger partial charge in [0.25, 0.3) is 0 Å². The second-order valence-electron chi connectivity index (χ2n) is 8.20. The lowest BCUT2D eigenvalue weighted by Crippen LogP contribution is -2.25. The van der Waals surface area contributed by atoms with Crippen molar-refractivity contribution >= 4 is 0 Å². The fourth-order valence-corrected chi connectivity index (χ4v) is 5.51. The fourth-order valence-electron chi connectivity index (χ4n) is 5.51. The molecule has 0 N–H and O–H groups in total. The summed E-state index contributed by atoms with van der Waals surface area (Å²) in [6.45, 7) is 4.00. The Morgan fingerprint density at radius 3 is 1.92 bits per heavy atom. The maximum absolute atomic E-state index is 2.50. The van der Waals surface area contributed by atoms with E-state index >= 15 is 0 Å². The Hall–Kier alpha value is -2.08. The smallest absolute Gasteiger partial charge is 0.00748 e. The third-order valence-electron chi connectivity index (χ3n) is 6.56. The predicted molar refractivity (Wildman–Crippen MR) is 112 cm³/mol. The molecule has 0 radical (unpaired) electrons. The number of hydrogen-bond acceptors (Lipinski definition) is 0. The van der Waals surface area contributed by atoms with Gasteiger partial charge in [0.05, 0.1) is 0 Å². The normalized spacial score (nSPS) is 24.5. The van der Waals surface area contributed by atoms with E-state index < -0.39 is 0 Å². The van der Waals surface area contributed by atoms with Crippen molar-refractivity contribution in [3.63, 3.8) is 0 Å². The van der Waals surface area contributed by atoms with Crippen LogP contribution in [0.5, 0.6) is 0 Å². The van der Waals surface area contributed by atoms with Gasteiger partial charge in [-0.25, -0.2) is 0 Å². The number of benzene rings is 2. The highest BCUT2D eigenvalue weighted by atomic mass is 14.5. The van der Waals surface area contributed by atoms with Gasteiger partial charge in [-0.05, 0) is 71.6 Å². The van der Waals surface area contributed by atoms with E-state index in [1.807, 2.05) is 13.8 Å². The summed E-state index contributed by atoms with van der Waals surface area (Å²) >= 11 is 0. The topological polar surface area (TPSA) is 0 Å². The highest BCUT2D eigenvalue weighted by Gasteiger charge is 2.47. The average molecular weight is 343 g/mol. The van der Waals surface area contributed by atoms with Crippen molar-refractivity contribution in [2.24, 2.45) is 10.8 Å². The molecule has 0 heterocycles. The van der Waals surface area contributed by atoms with Crippen LogP contribution in [0.2, 0.25) is 0 Å². The van der Waals surface area contributed by atoms with Crippen molar-refractivity contribution < 1.29 is 0 Å². The Kier molecular flexibility index (Phi) is 4.61. The van der Waals surface area contributed by atoms with Crippen LogP contribution in [0, 0.1) is 10.8 Å². The van der Waals surface area contributed by atoms with Gasteiger partial charge in [-0.3, -0.25) is 0 Å². The highest BCUT2D eigenvalue weighted by molar-refractivity contribution is 5.72. The minimum absolute atomic E-state index is 0.420. The fraction of sp³-hybridized carbons (Fsp3) is 0.385. The summed E-state index contributed by atoms with van der Waals surface area (Å²) in [5, 5.41) is 0. The lowest BCUT2D eigenvalue weighted by Gasteiger charge is -2.33. The van der Waals surface area contributed by atoms with Crippen molar-refractivity contribution in [1.29, 1.82) is 0 Å². The molecule has 2 spiro atoms. The van der Waals surface area contributed by atoms with E-state index in [4.69, 9.17) is 0 Å². The first-order valence-corrected chi connectivity index (χ1v) is 10.3. The Morgan fingerprint density at radius 2 is 1.35 bits per heavy atom. The zero-order chi connectivity index (χ0) is 18.0. The zero-order valence-corrected chi connectivity index (χ0v) is 16.2. The van der Waals surface area contributed by atoms with E-state index in [0.717, 1.165) is 0 Å². The standard InChI is InChI=1S/C24H24.C2H6/c1-6-12-23(13-7-1)14-15-24(18-23)16-19-8-2-4-10-21(19)22-11-5-3-9-20(22)17-24;1-2/h1-12H,13-18H2;1-2H3. The summed E-state index contributed by atoms with van der Waals surface area (Å²) < 4.78 is 0. The molecule has 0 bridgehead atoms. The van der Waals surface area contributed by atoms with Crippen LogP contribution < -0.4 is 0 Å². The first kappa shape index (κ1) is 17.3. The molecule has 1 atom stereocenters.